The van der Waals surface area contributed by atoms with E-state index in [-0.39, 0.29) is 12.1 Å². The molecule has 0 aromatic rings. The molecule has 7 heteroatoms. The van der Waals surface area contributed by atoms with Crippen LogP contribution >= 0.6 is 0 Å². The lowest BCUT2D eigenvalue weighted by molar-refractivity contribution is -0.122. The minimum Gasteiger partial charge on any atom is -0.379 e. The standard InChI is InChI=1S/C10H18N4O3/c11-9(15)8-5-12-2-3-14(8)10(16)13-7-1-4-17-6-7/h7-8,12H,1-6H2,(H2,11,15)(H,13,16). The molecule has 2 heterocycles. The Morgan fingerprint density at radius 3 is 2.94 bits per heavy atom. The van der Waals surface area contributed by atoms with Crippen LogP contribution in [0.5, 0.6) is 0 Å². The van der Waals surface area contributed by atoms with Crippen LogP contribution in [0.2, 0.25) is 0 Å². The fourth-order valence-corrected chi connectivity index (χ4v) is 2.11. The van der Waals surface area contributed by atoms with E-state index in [0.717, 1.165) is 6.42 Å². The number of rotatable bonds is 2. The third kappa shape index (κ3) is 2.86. The molecule has 2 rings (SSSR count). The molecule has 96 valence electrons. The second kappa shape index (κ2) is 5.33. The fourth-order valence-electron chi connectivity index (χ4n) is 2.11. The lowest BCUT2D eigenvalue weighted by Crippen LogP contribution is -2.61. The third-order valence-corrected chi connectivity index (χ3v) is 3.09. The molecule has 4 N–H and O–H groups in total. The summed E-state index contributed by atoms with van der Waals surface area (Å²) in [5, 5.41) is 5.91. The Bertz CT molecular complexity index is 304. The number of carbonyl (C=O) groups excluding carboxylic acids is 2. The number of hydrogen-bond donors (Lipinski definition) is 3. The summed E-state index contributed by atoms with van der Waals surface area (Å²) in [6.07, 6.45) is 0.819. The van der Waals surface area contributed by atoms with Gasteiger partial charge in [0, 0.05) is 26.2 Å². The highest BCUT2D eigenvalue weighted by Crippen LogP contribution is 2.07. The van der Waals surface area contributed by atoms with Gasteiger partial charge in [0.2, 0.25) is 5.91 Å². The maximum Gasteiger partial charge on any atom is 0.318 e. The second-order valence-corrected chi connectivity index (χ2v) is 4.33. The van der Waals surface area contributed by atoms with Crippen molar-refractivity contribution >= 4 is 11.9 Å². The molecule has 0 bridgehead atoms. The van der Waals surface area contributed by atoms with Gasteiger partial charge in [-0.25, -0.2) is 4.79 Å². The van der Waals surface area contributed by atoms with Crippen LogP contribution in [0.4, 0.5) is 4.79 Å². The number of nitrogens with zero attached hydrogens (tertiary/aromatic N) is 1. The van der Waals surface area contributed by atoms with Crippen molar-refractivity contribution in [2.45, 2.75) is 18.5 Å². The molecule has 2 unspecified atom stereocenters. The predicted molar refractivity (Wildman–Crippen MR) is 60.3 cm³/mol. The molecule has 2 aliphatic heterocycles. The van der Waals surface area contributed by atoms with Gasteiger partial charge in [-0.2, -0.15) is 0 Å². The van der Waals surface area contributed by atoms with Gasteiger partial charge in [0.1, 0.15) is 6.04 Å². The number of urea groups is 1. The van der Waals surface area contributed by atoms with Crippen LogP contribution in [0.3, 0.4) is 0 Å². The zero-order valence-electron chi connectivity index (χ0n) is 9.65. The highest BCUT2D eigenvalue weighted by atomic mass is 16.5. The van der Waals surface area contributed by atoms with Crippen LogP contribution in [0.25, 0.3) is 0 Å². The van der Waals surface area contributed by atoms with Crippen molar-refractivity contribution in [2.24, 2.45) is 5.73 Å². The van der Waals surface area contributed by atoms with Crippen molar-refractivity contribution < 1.29 is 14.3 Å². The molecule has 17 heavy (non-hydrogen) atoms. The van der Waals surface area contributed by atoms with Gasteiger partial charge in [0.15, 0.2) is 0 Å². The maximum atomic E-state index is 12.0. The molecule has 0 spiro atoms. The topological polar surface area (TPSA) is 96.7 Å². The summed E-state index contributed by atoms with van der Waals surface area (Å²) < 4.78 is 5.18. The van der Waals surface area contributed by atoms with Crippen molar-refractivity contribution in [3.8, 4) is 0 Å². The Morgan fingerprint density at radius 2 is 2.29 bits per heavy atom. The molecule has 0 aromatic heterocycles. The van der Waals surface area contributed by atoms with Crippen LogP contribution in [0.1, 0.15) is 6.42 Å². The molecule has 7 nitrogen and oxygen atoms in total. The summed E-state index contributed by atoms with van der Waals surface area (Å²) in [5.74, 6) is -0.477. The van der Waals surface area contributed by atoms with Crippen LogP contribution in [0, 0.1) is 0 Å². The number of ether oxygens (including phenoxy) is 1. The number of primary amides is 1. The Labute approximate surface area is 99.6 Å². The molecule has 2 atom stereocenters. The largest absolute Gasteiger partial charge is 0.379 e. The number of hydrogen-bond acceptors (Lipinski definition) is 4. The second-order valence-electron chi connectivity index (χ2n) is 4.33. The molecule has 2 aliphatic rings. The summed E-state index contributed by atoms with van der Waals surface area (Å²) >= 11 is 0. The predicted octanol–water partition coefficient (Wildman–Crippen LogP) is -1.76. The Balaban J connectivity index is 1.93. The van der Waals surface area contributed by atoms with Crippen molar-refractivity contribution in [2.75, 3.05) is 32.8 Å². The minimum absolute atomic E-state index is 0.0471. The first kappa shape index (κ1) is 12.1. The van der Waals surface area contributed by atoms with Crippen LogP contribution < -0.4 is 16.4 Å². The summed E-state index contributed by atoms with van der Waals surface area (Å²) in [6.45, 7) is 2.81. The van der Waals surface area contributed by atoms with E-state index in [0.29, 0.717) is 32.8 Å². The maximum absolute atomic E-state index is 12.0. The van der Waals surface area contributed by atoms with Crippen molar-refractivity contribution in [3.63, 3.8) is 0 Å². The van der Waals surface area contributed by atoms with Gasteiger partial charge >= 0.3 is 6.03 Å². The smallest absolute Gasteiger partial charge is 0.318 e. The van der Waals surface area contributed by atoms with E-state index in [1.807, 2.05) is 0 Å². The zero-order chi connectivity index (χ0) is 12.3. The average molecular weight is 242 g/mol. The minimum atomic E-state index is -0.564. The monoisotopic (exact) mass is 242 g/mol. The molecule has 0 aromatic carbocycles. The number of carbonyl (C=O) groups is 2. The van der Waals surface area contributed by atoms with E-state index in [2.05, 4.69) is 10.6 Å². The van der Waals surface area contributed by atoms with E-state index in [9.17, 15) is 9.59 Å². The molecule has 3 amide bonds. The van der Waals surface area contributed by atoms with E-state index in [1.54, 1.807) is 0 Å². The number of nitrogens with one attached hydrogen (secondary N) is 2. The normalized spacial score (nSPS) is 29.1. The van der Waals surface area contributed by atoms with Gasteiger partial charge < -0.3 is 26.0 Å². The highest BCUT2D eigenvalue weighted by Gasteiger charge is 2.31. The number of piperazine rings is 1. The van der Waals surface area contributed by atoms with E-state index in [1.165, 1.54) is 4.90 Å². The molecule has 0 aliphatic carbocycles. The van der Waals surface area contributed by atoms with Gasteiger partial charge in [-0.3, -0.25) is 4.79 Å². The van der Waals surface area contributed by atoms with Crippen LogP contribution in [-0.4, -0.2) is 61.8 Å². The van der Waals surface area contributed by atoms with Gasteiger partial charge in [-0.05, 0) is 6.42 Å². The lowest BCUT2D eigenvalue weighted by atomic mass is 10.2. The first-order valence-electron chi connectivity index (χ1n) is 5.83. The first-order chi connectivity index (χ1) is 8.18. The number of nitrogens with two attached hydrogens (primary N) is 1. The number of amides is 3. The fraction of sp³-hybridized carbons (Fsp3) is 0.800. The van der Waals surface area contributed by atoms with Crippen LogP contribution in [-0.2, 0) is 9.53 Å². The molecular formula is C10H18N4O3. The highest BCUT2D eigenvalue weighted by molar-refractivity contribution is 5.86. The van der Waals surface area contributed by atoms with Crippen molar-refractivity contribution in [1.82, 2.24) is 15.5 Å². The Hall–Kier alpha value is -1.34. The Kier molecular flexibility index (Phi) is 3.80. The van der Waals surface area contributed by atoms with Gasteiger partial charge in [0.05, 0.1) is 12.6 Å². The third-order valence-electron chi connectivity index (χ3n) is 3.09. The van der Waals surface area contributed by atoms with Crippen molar-refractivity contribution in [1.29, 1.82) is 0 Å². The Morgan fingerprint density at radius 1 is 1.47 bits per heavy atom. The first-order valence-corrected chi connectivity index (χ1v) is 5.83. The average Bonchev–Trinajstić information content (AvgIpc) is 2.81. The van der Waals surface area contributed by atoms with Gasteiger partial charge in [-0.15, -0.1) is 0 Å². The summed E-state index contributed by atoms with van der Waals surface area (Å²) in [7, 11) is 0. The summed E-state index contributed by atoms with van der Waals surface area (Å²) in [6, 6.07) is -0.747. The van der Waals surface area contributed by atoms with E-state index in [4.69, 9.17) is 10.5 Å². The molecule has 2 saturated heterocycles. The quantitative estimate of drug-likeness (QED) is 0.534. The zero-order valence-corrected chi connectivity index (χ0v) is 9.65. The molecule has 0 radical (unpaired) electrons. The SMILES string of the molecule is NC(=O)C1CNCCN1C(=O)NC1CCOC1. The molecule has 2 fully saturated rings. The molecular weight excluding hydrogens is 224 g/mol. The van der Waals surface area contributed by atoms with Crippen molar-refractivity contribution in [3.05, 3.63) is 0 Å². The lowest BCUT2D eigenvalue weighted by Gasteiger charge is -2.34. The molecule has 0 saturated carbocycles. The van der Waals surface area contributed by atoms with Crippen LogP contribution in [0.15, 0.2) is 0 Å². The summed E-state index contributed by atoms with van der Waals surface area (Å²) in [4.78, 5) is 24.7. The van der Waals surface area contributed by atoms with E-state index >= 15 is 0 Å². The summed E-state index contributed by atoms with van der Waals surface area (Å²) in [5.41, 5.74) is 5.28. The van der Waals surface area contributed by atoms with Gasteiger partial charge in [0.25, 0.3) is 0 Å². The van der Waals surface area contributed by atoms with Gasteiger partial charge in [-0.1, -0.05) is 0 Å². The van der Waals surface area contributed by atoms with E-state index < -0.39 is 11.9 Å².